The number of hydrogen-bond donors (Lipinski definition) is 4. The molecule has 7 heteroatoms. The maximum Gasteiger partial charge on any atom is 0.130 e. The second-order valence-corrected chi connectivity index (χ2v) is 6.06. The van der Waals surface area contributed by atoms with Crippen LogP contribution in [-0.4, -0.2) is 47.4 Å². The van der Waals surface area contributed by atoms with Gasteiger partial charge >= 0.3 is 0 Å². The van der Waals surface area contributed by atoms with Crippen LogP contribution in [0.5, 0.6) is 0 Å². The summed E-state index contributed by atoms with van der Waals surface area (Å²) in [5.74, 6) is 0.107. The van der Waals surface area contributed by atoms with Crippen molar-refractivity contribution in [2.45, 2.75) is 0 Å². The van der Waals surface area contributed by atoms with Gasteiger partial charge in [0, 0.05) is 16.5 Å². The summed E-state index contributed by atoms with van der Waals surface area (Å²) in [4.78, 5) is 1.86. The Hall–Kier alpha value is -3.06. The second kappa shape index (κ2) is 6.82. The number of H-pyrrole nitrogens is 1. The predicted octanol–water partition coefficient (Wildman–Crippen LogP) is 2.82. The van der Waals surface area contributed by atoms with Crippen molar-refractivity contribution in [3.05, 3.63) is 53.8 Å². The summed E-state index contributed by atoms with van der Waals surface area (Å²) in [7, 11) is 3.73. The van der Waals surface area contributed by atoms with E-state index in [2.05, 4.69) is 15.5 Å². The van der Waals surface area contributed by atoms with Gasteiger partial charge in [-0.2, -0.15) is 5.10 Å². The zero-order valence-electron chi connectivity index (χ0n) is 14.0. The van der Waals surface area contributed by atoms with Gasteiger partial charge in [-0.1, -0.05) is 0 Å². The zero-order chi connectivity index (χ0) is 18.0. The summed E-state index contributed by atoms with van der Waals surface area (Å²) in [5.41, 5.74) is 2.98. The van der Waals surface area contributed by atoms with Crippen molar-refractivity contribution in [3.8, 4) is 11.3 Å². The van der Waals surface area contributed by atoms with E-state index >= 15 is 0 Å². The summed E-state index contributed by atoms with van der Waals surface area (Å²) < 4.78 is 13.1. The number of benzene rings is 2. The van der Waals surface area contributed by atoms with Crippen LogP contribution in [-0.2, 0) is 0 Å². The molecule has 0 unspecified atom stereocenters. The fraction of sp³-hybridized carbons (Fsp3) is 0.167. The average Bonchev–Trinajstić information content (AvgIpc) is 2.97. The number of nitrogens with one attached hydrogen (secondary N) is 4. The molecule has 0 atom stereocenters. The van der Waals surface area contributed by atoms with E-state index in [0.717, 1.165) is 16.5 Å². The first-order chi connectivity index (χ1) is 11.9. The normalized spacial score (nSPS) is 11.0. The molecule has 1 heterocycles. The number of amidine groups is 2. The van der Waals surface area contributed by atoms with Crippen LogP contribution in [0.2, 0.25) is 0 Å². The van der Waals surface area contributed by atoms with E-state index < -0.39 is 0 Å². The number of halogens is 1. The Morgan fingerprint density at radius 3 is 2.56 bits per heavy atom. The third-order valence-electron chi connectivity index (χ3n) is 3.72. The molecule has 128 valence electrons. The first kappa shape index (κ1) is 16.8. The lowest BCUT2D eigenvalue weighted by atomic mass is 10.1. The third kappa shape index (κ3) is 3.72. The fourth-order valence-electron chi connectivity index (χ4n) is 2.58. The van der Waals surface area contributed by atoms with Crippen LogP contribution in [0.1, 0.15) is 5.56 Å². The van der Waals surface area contributed by atoms with E-state index in [1.807, 2.05) is 31.1 Å². The van der Waals surface area contributed by atoms with Gasteiger partial charge in [0.05, 0.1) is 17.8 Å². The van der Waals surface area contributed by atoms with Crippen LogP contribution in [0.15, 0.2) is 42.5 Å². The maximum atomic E-state index is 13.1. The standard InChI is InChI=1S/C18H19FN6/c1-25(2)10-16(20)22-18(21)12-5-8-15-14(9-12)17(24-23-15)11-3-6-13(19)7-4-11/h3-9H,10H2,1-2H3,(H,23,24)(H3,20,21,22). The Bertz CT molecular complexity index is 926. The minimum Gasteiger partial charge on any atom is -0.328 e. The van der Waals surface area contributed by atoms with Gasteiger partial charge < -0.3 is 10.2 Å². The minimum absolute atomic E-state index is 0.153. The molecule has 0 spiro atoms. The topological polar surface area (TPSA) is 91.7 Å². The zero-order valence-corrected chi connectivity index (χ0v) is 14.0. The number of nitrogens with zero attached hydrogens (tertiary/aromatic N) is 2. The number of aromatic amines is 1. The van der Waals surface area contributed by atoms with Crippen molar-refractivity contribution in [2.24, 2.45) is 0 Å². The molecule has 0 saturated carbocycles. The van der Waals surface area contributed by atoms with Crippen molar-refractivity contribution < 1.29 is 4.39 Å². The molecule has 0 amide bonds. The Morgan fingerprint density at radius 2 is 1.88 bits per heavy atom. The molecule has 3 rings (SSSR count). The van der Waals surface area contributed by atoms with E-state index in [1.165, 1.54) is 12.1 Å². The minimum atomic E-state index is -0.297. The van der Waals surface area contributed by atoms with Gasteiger partial charge in [-0.25, -0.2) is 4.39 Å². The van der Waals surface area contributed by atoms with E-state index in [1.54, 1.807) is 18.2 Å². The monoisotopic (exact) mass is 338 g/mol. The van der Waals surface area contributed by atoms with Crippen molar-refractivity contribution in [1.29, 1.82) is 10.8 Å². The molecule has 0 bridgehead atoms. The van der Waals surface area contributed by atoms with Gasteiger partial charge in [0.15, 0.2) is 0 Å². The molecule has 0 aliphatic heterocycles. The van der Waals surface area contributed by atoms with E-state index in [9.17, 15) is 4.39 Å². The number of fused-ring (bicyclic) bond motifs is 1. The van der Waals surface area contributed by atoms with Gasteiger partial charge in [0.1, 0.15) is 17.5 Å². The Labute approximate surface area is 144 Å². The van der Waals surface area contributed by atoms with E-state index in [-0.39, 0.29) is 17.5 Å². The second-order valence-electron chi connectivity index (χ2n) is 6.06. The molecule has 0 fully saturated rings. The van der Waals surface area contributed by atoms with Crippen LogP contribution in [0.3, 0.4) is 0 Å². The molecule has 3 aromatic rings. The fourth-order valence-corrected chi connectivity index (χ4v) is 2.58. The molecular weight excluding hydrogens is 319 g/mol. The van der Waals surface area contributed by atoms with E-state index in [0.29, 0.717) is 17.8 Å². The third-order valence-corrected chi connectivity index (χ3v) is 3.72. The van der Waals surface area contributed by atoms with Crippen LogP contribution in [0, 0.1) is 16.6 Å². The van der Waals surface area contributed by atoms with Gasteiger partial charge in [-0.3, -0.25) is 15.9 Å². The maximum absolute atomic E-state index is 13.1. The molecule has 0 saturated heterocycles. The van der Waals surface area contributed by atoms with Crippen LogP contribution in [0.25, 0.3) is 22.2 Å². The highest BCUT2D eigenvalue weighted by atomic mass is 19.1. The largest absolute Gasteiger partial charge is 0.328 e. The molecule has 4 N–H and O–H groups in total. The van der Waals surface area contributed by atoms with Gasteiger partial charge in [0.2, 0.25) is 0 Å². The molecule has 1 aromatic heterocycles. The predicted molar refractivity (Wildman–Crippen MR) is 97.7 cm³/mol. The molecule has 6 nitrogen and oxygen atoms in total. The van der Waals surface area contributed by atoms with Crippen molar-refractivity contribution in [3.63, 3.8) is 0 Å². The highest BCUT2D eigenvalue weighted by molar-refractivity contribution is 6.09. The van der Waals surface area contributed by atoms with Crippen molar-refractivity contribution in [2.75, 3.05) is 20.6 Å². The molecule has 0 radical (unpaired) electrons. The number of rotatable bonds is 4. The summed E-state index contributed by atoms with van der Waals surface area (Å²) in [5, 5.41) is 27.0. The number of likely N-dealkylation sites (N-methyl/N-ethyl adjacent to an activating group) is 1. The molecule has 0 aliphatic carbocycles. The number of hydrogen-bond acceptors (Lipinski definition) is 4. The summed E-state index contributed by atoms with van der Waals surface area (Å²) in [6, 6.07) is 11.6. The lowest BCUT2D eigenvalue weighted by Crippen LogP contribution is -2.36. The Kier molecular flexibility index (Phi) is 4.58. The van der Waals surface area contributed by atoms with Crippen LogP contribution in [0.4, 0.5) is 4.39 Å². The highest BCUT2D eigenvalue weighted by Gasteiger charge is 2.11. The quantitative estimate of drug-likeness (QED) is 0.435. The van der Waals surface area contributed by atoms with Gasteiger partial charge in [-0.05, 0) is 56.6 Å². The molecule has 2 aromatic carbocycles. The van der Waals surface area contributed by atoms with E-state index in [4.69, 9.17) is 10.8 Å². The highest BCUT2D eigenvalue weighted by Crippen LogP contribution is 2.27. The average molecular weight is 338 g/mol. The first-order valence-electron chi connectivity index (χ1n) is 7.76. The molecular formula is C18H19FN6. The first-order valence-corrected chi connectivity index (χ1v) is 7.76. The van der Waals surface area contributed by atoms with Gasteiger partial charge in [0.25, 0.3) is 0 Å². The number of aromatic nitrogens is 2. The lowest BCUT2D eigenvalue weighted by molar-refractivity contribution is 0.466. The van der Waals surface area contributed by atoms with Gasteiger partial charge in [-0.15, -0.1) is 0 Å². The summed E-state index contributed by atoms with van der Waals surface area (Å²) in [6.07, 6.45) is 0. The lowest BCUT2D eigenvalue weighted by Gasteiger charge is -2.13. The Morgan fingerprint density at radius 1 is 1.16 bits per heavy atom. The van der Waals surface area contributed by atoms with Crippen molar-refractivity contribution >= 4 is 22.6 Å². The summed E-state index contributed by atoms with van der Waals surface area (Å²) in [6.45, 7) is 0.428. The molecule has 25 heavy (non-hydrogen) atoms. The smallest absolute Gasteiger partial charge is 0.130 e. The van der Waals surface area contributed by atoms with Crippen LogP contribution < -0.4 is 5.32 Å². The molecule has 0 aliphatic rings. The van der Waals surface area contributed by atoms with Crippen molar-refractivity contribution in [1.82, 2.24) is 20.4 Å². The Balaban J connectivity index is 1.91. The van der Waals surface area contributed by atoms with Crippen LogP contribution >= 0.6 is 0 Å². The summed E-state index contributed by atoms with van der Waals surface area (Å²) >= 11 is 0. The SMILES string of the molecule is CN(C)CC(=N)NC(=N)c1ccc2[nH]nc(-c3ccc(F)cc3)c2c1.